The van der Waals surface area contributed by atoms with Gasteiger partial charge in [0.15, 0.2) is 22.5 Å². The van der Waals surface area contributed by atoms with Crippen LogP contribution in [0.3, 0.4) is 0 Å². The molecule has 0 saturated heterocycles. The second-order valence-electron chi connectivity index (χ2n) is 7.81. The largest absolute Gasteiger partial charge is 0.493 e. The number of hydrogen-bond acceptors (Lipinski definition) is 9. The van der Waals surface area contributed by atoms with Crippen molar-refractivity contribution in [2.75, 3.05) is 32.4 Å². The molecule has 0 unspecified atom stereocenters. The second kappa shape index (κ2) is 12.3. The van der Waals surface area contributed by atoms with Crippen LogP contribution in [0.25, 0.3) is 22.5 Å². The summed E-state index contributed by atoms with van der Waals surface area (Å²) in [5.41, 5.74) is 2.56. The van der Waals surface area contributed by atoms with E-state index in [9.17, 15) is 9.59 Å². The molecule has 1 amide bonds. The minimum absolute atomic E-state index is 0.0683. The molecule has 0 bridgehead atoms. The van der Waals surface area contributed by atoms with E-state index in [-0.39, 0.29) is 11.7 Å². The molecular formula is C26H25ClN4O5S2. The maximum absolute atomic E-state index is 12.9. The number of halogens is 1. The Kier molecular flexibility index (Phi) is 8.93. The van der Waals surface area contributed by atoms with Gasteiger partial charge in [-0.05, 0) is 42.8 Å². The van der Waals surface area contributed by atoms with E-state index < -0.39 is 5.97 Å². The van der Waals surface area contributed by atoms with Crippen molar-refractivity contribution in [1.82, 2.24) is 14.8 Å². The number of nitrogens with one attached hydrogen (secondary N) is 1. The number of benzene rings is 2. The standard InChI is InChI=1S/C26H25ClN4O5S2/c1-5-31-23(16-8-11-19(34-2)20(12-16)35-3)29-30-26(31)38-14-21(32)28-24-22(25(33)36-4)18(13-37-24)15-6-9-17(27)10-7-15/h6-13H,5,14H2,1-4H3,(H,28,32). The molecular weight excluding hydrogens is 548 g/mol. The molecule has 0 saturated carbocycles. The van der Waals surface area contributed by atoms with Gasteiger partial charge >= 0.3 is 5.97 Å². The number of rotatable bonds is 10. The summed E-state index contributed by atoms with van der Waals surface area (Å²) in [6.07, 6.45) is 0. The van der Waals surface area contributed by atoms with Crippen molar-refractivity contribution in [3.63, 3.8) is 0 Å². The van der Waals surface area contributed by atoms with Crippen LogP contribution in [0.4, 0.5) is 5.00 Å². The molecule has 198 valence electrons. The summed E-state index contributed by atoms with van der Waals surface area (Å²) >= 11 is 8.51. The molecule has 0 aliphatic rings. The van der Waals surface area contributed by atoms with E-state index in [1.54, 1.807) is 37.8 Å². The van der Waals surface area contributed by atoms with Gasteiger partial charge in [-0.2, -0.15) is 0 Å². The highest BCUT2D eigenvalue weighted by Crippen LogP contribution is 2.37. The molecule has 4 rings (SSSR count). The highest BCUT2D eigenvalue weighted by molar-refractivity contribution is 7.99. The first kappa shape index (κ1) is 27.5. The Bertz CT molecular complexity index is 1450. The van der Waals surface area contributed by atoms with Crippen LogP contribution in [0.15, 0.2) is 53.0 Å². The highest BCUT2D eigenvalue weighted by Gasteiger charge is 2.23. The Labute approximate surface area is 233 Å². The van der Waals surface area contributed by atoms with Crippen LogP contribution in [0.1, 0.15) is 17.3 Å². The van der Waals surface area contributed by atoms with E-state index >= 15 is 0 Å². The number of thiophene rings is 1. The molecule has 0 spiro atoms. The molecule has 1 N–H and O–H groups in total. The summed E-state index contributed by atoms with van der Waals surface area (Å²) in [4.78, 5) is 25.5. The van der Waals surface area contributed by atoms with Gasteiger partial charge in [-0.15, -0.1) is 21.5 Å². The summed E-state index contributed by atoms with van der Waals surface area (Å²) in [5.74, 6) is 1.09. The molecule has 2 aromatic heterocycles. The lowest BCUT2D eigenvalue weighted by Gasteiger charge is -2.11. The lowest BCUT2D eigenvalue weighted by Crippen LogP contribution is -2.16. The number of ether oxygens (including phenoxy) is 3. The van der Waals surface area contributed by atoms with Gasteiger partial charge in [0.1, 0.15) is 10.6 Å². The van der Waals surface area contributed by atoms with Crippen LogP contribution in [-0.2, 0) is 16.1 Å². The second-order valence-corrected chi connectivity index (χ2v) is 10.1. The number of amides is 1. The molecule has 9 nitrogen and oxygen atoms in total. The maximum atomic E-state index is 12.9. The topological polar surface area (TPSA) is 105 Å². The summed E-state index contributed by atoms with van der Waals surface area (Å²) in [6, 6.07) is 12.6. The SMILES string of the molecule is CCn1c(SCC(=O)Nc2scc(-c3ccc(Cl)cc3)c2C(=O)OC)nnc1-c1ccc(OC)c(OC)c1. The fourth-order valence-electron chi connectivity index (χ4n) is 3.76. The van der Waals surface area contributed by atoms with E-state index in [0.717, 1.165) is 11.1 Å². The van der Waals surface area contributed by atoms with Crippen molar-refractivity contribution in [2.45, 2.75) is 18.6 Å². The van der Waals surface area contributed by atoms with Crippen molar-refractivity contribution >= 4 is 51.6 Å². The quantitative estimate of drug-likeness (QED) is 0.185. The van der Waals surface area contributed by atoms with Gasteiger partial charge in [-0.25, -0.2) is 4.79 Å². The van der Waals surface area contributed by atoms with E-state index in [4.69, 9.17) is 25.8 Å². The van der Waals surface area contributed by atoms with E-state index in [2.05, 4.69) is 15.5 Å². The molecule has 0 radical (unpaired) electrons. The van der Waals surface area contributed by atoms with Crippen LogP contribution in [0.2, 0.25) is 5.02 Å². The molecule has 38 heavy (non-hydrogen) atoms. The van der Waals surface area contributed by atoms with Crippen molar-refractivity contribution in [3.05, 3.63) is 58.4 Å². The van der Waals surface area contributed by atoms with Gasteiger partial charge in [0, 0.05) is 28.1 Å². The fourth-order valence-corrected chi connectivity index (χ4v) is 5.66. The number of anilines is 1. The minimum Gasteiger partial charge on any atom is -0.493 e. The van der Waals surface area contributed by atoms with Crippen molar-refractivity contribution < 1.29 is 23.8 Å². The van der Waals surface area contributed by atoms with E-state index in [1.807, 2.05) is 35.8 Å². The first-order valence-electron chi connectivity index (χ1n) is 11.4. The first-order chi connectivity index (χ1) is 18.4. The van der Waals surface area contributed by atoms with Gasteiger partial charge in [0.25, 0.3) is 0 Å². The molecule has 4 aromatic rings. The highest BCUT2D eigenvalue weighted by atomic mass is 35.5. The molecule has 2 heterocycles. The van der Waals surface area contributed by atoms with E-state index in [1.165, 1.54) is 30.2 Å². The average Bonchev–Trinajstić information content (AvgIpc) is 3.55. The van der Waals surface area contributed by atoms with E-state index in [0.29, 0.717) is 50.2 Å². The number of esters is 1. The van der Waals surface area contributed by atoms with Crippen molar-refractivity contribution in [3.8, 4) is 34.0 Å². The van der Waals surface area contributed by atoms with Gasteiger partial charge in [-0.3, -0.25) is 4.79 Å². The third-order valence-electron chi connectivity index (χ3n) is 5.60. The molecule has 12 heteroatoms. The van der Waals surface area contributed by atoms with Crippen LogP contribution in [-0.4, -0.2) is 53.7 Å². The van der Waals surface area contributed by atoms with Gasteiger partial charge in [-0.1, -0.05) is 35.5 Å². The minimum atomic E-state index is -0.538. The number of nitrogens with zero attached hydrogens (tertiary/aromatic N) is 3. The Morgan fingerprint density at radius 2 is 1.74 bits per heavy atom. The fraction of sp³-hybridized carbons (Fsp3) is 0.231. The third kappa shape index (κ3) is 5.79. The number of carbonyl (C=O) groups excluding carboxylic acids is 2. The van der Waals surface area contributed by atoms with Crippen molar-refractivity contribution in [1.29, 1.82) is 0 Å². The summed E-state index contributed by atoms with van der Waals surface area (Å²) in [6.45, 7) is 2.58. The Balaban J connectivity index is 1.51. The summed E-state index contributed by atoms with van der Waals surface area (Å²) < 4.78 is 17.6. The Morgan fingerprint density at radius 1 is 1.03 bits per heavy atom. The van der Waals surface area contributed by atoms with Gasteiger partial charge in [0.05, 0.1) is 27.1 Å². The number of hydrogen-bond donors (Lipinski definition) is 1. The van der Waals surface area contributed by atoms with Gasteiger partial charge < -0.3 is 24.1 Å². The number of thioether (sulfide) groups is 1. The number of aromatic nitrogens is 3. The Morgan fingerprint density at radius 3 is 2.39 bits per heavy atom. The lowest BCUT2D eigenvalue weighted by molar-refractivity contribution is -0.113. The third-order valence-corrected chi connectivity index (χ3v) is 7.71. The van der Waals surface area contributed by atoms with Crippen LogP contribution in [0.5, 0.6) is 11.5 Å². The monoisotopic (exact) mass is 572 g/mol. The normalized spacial score (nSPS) is 10.8. The zero-order valence-corrected chi connectivity index (χ0v) is 23.5. The molecule has 2 aromatic carbocycles. The number of methoxy groups -OCH3 is 3. The number of carbonyl (C=O) groups is 2. The first-order valence-corrected chi connectivity index (χ1v) is 13.7. The summed E-state index contributed by atoms with van der Waals surface area (Å²) in [5, 5.41) is 14.9. The molecule has 0 fully saturated rings. The van der Waals surface area contributed by atoms with Crippen LogP contribution in [0, 0.1) is 0 Å². The molecule has 0 aliphatic carbocycles. The average molecular weight is 573 g/mol. The summed E-state index contributed by atoms with van der Waals surface area (Å²) in [7, 11) is 4.46. The van der Waals surface area contributed by atoms with Crippen LogP contribution >= 0.6 is 34.7 Å². The lowest BCUT2D eigenvalue weighted by atomic mass is 10.0. The zero-order chi connectivity index (χ0) is 27.2. The molecule has 0 atom stereocenters. The van der Waals surface area contributed by atoms with Crippen molar-refractivity contribution in [2.24, 2.45) is 0 Å². The Hall–Kier alpha value is -3.54. The smallest absolute Gasteiger partial charge is 0.341 e. The molecule has 0 aliphatic heterocycles. The predicted octanol–water partition coefficient (Wildman–Crippen LogP) is 5.88. The zero-order valence-electron chi connectivity index (χ0n) is 21.1. The maximum Gasteiger partial charge on any atom is 0.341 e. The van der Waals surface area contributed by atoms with Crippen LogP contribution < -0.4 is 14.8 Å². The predicted molar refractivity (Wildman–Crippen MR) is 150 cm³/mol. The van der Waals surface area contributed by atoms with Gasteiger partial charge in [0.2, 0.25) is 5.91 Å².